The van der Waals surface area contributed by atoms with E-state index in [0.29, 0.717) is 22.6 Å². The number of amides is 1. The molecular weight excluding hydrogens is 350 g/mol. The summed E-state index contributed by atoms with van der Waals surface area (Å²) in [5.41, 5.74) is 2.39. The van der Waals surface area contributed by atoms with E-state index in [4.69, 9.17) is 0 Å². The van der Waals surface area contributed by atoms with Crippen molar-refractivity contribution in [2.24, 2.45) is 10.4 Å². The monoisotopic (exact) mass is 377 g/mol. The molecule has 1 spiro atoms. The number of pyridine rings is 1. The minimum absolute atomic E-state index is 0.0119. The fraction of sp³-hybridized carbons (Fsp3) is 0.409. The summed E-state index contributed by atoms with van der Waals surface area (Å²) >= 11 is 0. The number of likely N-dealkylation sites (tertiary alicyclic amines) is 1. The van der Waals surface area contributed by atoms with Gasteiger partial charge in [0.15, 0.2) is 5.84 Å². The Balaban J connectivity index is 1.50. The van der Waals surface area contributed by atoms with Crippen LogP contribution in [0, 0.1) is 5.41 Å². The number of nitrogens with zero attached hydrogens (tertiary/aromatic N) is 3. The molecule has 0 bridgehead atoms. The van der Waals surface area contributed by atoms with Gasteiger partial charge in [-0.15, -0.1) is 0 Å². The fourth-order valence-corrected chi connectivity index (χ4v) is 4.13. The second kappa shape index (κ2) is 8.10. The molecule has 0 saturated carbocycles. The zero-order valence-electron chi connectivity index (χ0n) is 16.3. The molecule has 2 fully saturated rings. The lowest BCUT2D eigenvalue weighted by atomic mass is 9.78. The molecule has 0 unspecified atom stereocenters. The van der Waals surface area contributed by atoms with Crippen molar-refractivity contribution >= 4 is 17.4 Å². The number of hydrogen-bond acceptors (Lipinski definition) is 4. The molecule has 3 heterocycles. The maximum Gasteiger partial charge on any atom is 0.272 e. The van der Waals surface area contributed by atoms with Crippen molar-refractivity contribution in [1.29, 1.82) is 0 Å². The average molecular weight is 377 g/mol. The van der Waals surface area contributed by atoms with Crippen LogP contribution in [-0.2, 0) is 0 Å². The number of aromatic nitrogens is 1. The lowest BCUT2D eigenvalue weighted by Gasteiger charge is -2.38. The minimum atomic E-state index is 0.0119. The second-order valence-electron chi connectivity index (χ2n) is 7.67. The first kappa shape index (κ1) is 18.6. The Bertz CT molecular complexity index is 848. The van der Waals surface area contributed by atoms with Gasteiger partial charge in [-0.05, 0) is 55.5 Å². The first-order valence-electron chi connectivity index (χ1n) is 9.98. The van der Waals surface area contributed by atoms with Gasteiger partial charge in [-0.25, -0.2) is 9.98 Å². The highest BCUT2D eigenvalue weighted by Crippen LogP contribution is 2.37. The third kappa shape index (κ3) is 3.92. The van der Waals surface area contributed by atoms with E-state index < -0.39 is 0 Å². The van der Waals surface area contributed by atoms with Crippen molar-refractivity contribution < 1.29 is 4.79 Å². The van der Waals surface area contributed by atoms with Gasteiger partial charge in [-0.2, -0.15) is 0 Å². The molecule has 2 aliphatic heterocycles. The van der Waals surface area contributed by atoms with Gasteiger partial charge in [0.2, 0.25) is 0 Å². The second-order valence-corrected chi connectivity index (χ2v) is 7.67. The van der Waals surface area contributed by atoms with Crippen LogP contribution in [0.1, 0.15) is 35.4 Å². The van der Waals surface area contributed by atoms with Crippen LogP contribution in [0.4, 0.5) is 5.69 Å². The SMILES string of the molecule is CN/C(=N\c1ccccc1)c1cccc(C(=O)N2CCC3(CCNC3)CC2)n1. The van der Waals surface area contributed by atoms with E-state index in [1.165, 1.54) is 6.42 Å². The summed E-state index contributed by atoms with van der Waals surface area (Å²) in [6, 6.07) is 15.3. The van der Waals surface area contributed by atoms with E-state index in [9.17, 15) is 4.79 Å². The number of nitrogens with one attached hydrogen (secondary N) is 2. The molecule has 6 nitrogen and oxygen atoms in total. The summed E-state index contributed by atoms with van der Waals surface area (Å²) in [6.07, 6.45) is 3.37. The van der Waals surface area contributed by atoms with Crippen molar-refractivity contribution in [1.82, 2.24) is 20.5 Å². The van der Waals surface area contributed by atoms with Crippen molar-refractivity contribution in [2.45, 2.75) is 19.3 Å². The van der Waals surface area contributed by atoms with Crippen LogP contribution in [0.2, 0.25) is 0 Å². The van der Waals surface area contributed by atoms with Gasteiger partial charge < -0.3 is 15.5 Å². The summed E-state index contributed by atoms with van der Waals surface area (Å²) in [5.74, 6) is 0.660. The van der Waals surface area contributed by atoms with E-state index in [0.717, 1.165) is 44.7 Å². The Kier molecular flexibility index (Phi) is 5.39. The van der Waals surface area contributed by atoms with Crippen LogP contribution >= 0.6 is 0 Å². The standard InChI is InChI=1S/C22H27N5O/c1-23-20(25-17-6-3-2-4-7-17)18-8-5-9-19(26-18)21(28)27-14-11-22(12-15-27)10-13-24-16-22/h2-9,24H,10-16H2,1H3,(H,23,25). The zero-order valence-corrected chi connectivity index (χ0v) is 16.3. The highest BCUT2D eigenvalue weighted by atomic mass is 16.2. The number of aliphatic imine (C=N–C) groups is 1. The van der Waals surface area contributed by atoms with E-state index in [-0.39, 0.29) is 5.91 Å². The van der Waals surface area contributed by atoms with Gasteiger partial charge in [0, 0.05) is 26.7 Å². The lowest BCUT2D eigenvalue weighted by molar-refractivity contribution is 0.0602. The summed E-state index contributed by atoms with van der Waals surface area (Å²) in [7, 11) is 1.82. The van der Waals surface area contributed by atoms with Crippen LogP contribution < -0.4 is 10.6 Å². The van der Waals surface area contributed by atoms with Crippen LogP contribution in [0.5, 0.6) is 0 Å². The number of carbonyl (C=O) groups is 1. The summed E-state index contributed by atoms with van der Waals surface area (Å²) in [4.78, 5) is 24.2. The average Bonchev–Trinajstić information content (AvgIpc) is 3.21. The molecule has 0 atom stereocenters. The molecule has 146 valence electrons. The summed E-state index contributed by atoms with van der Waals surface area (Å²) < 4.78 is 0. The van der Waals surface area contributed by atoms with Gasteiger partial charge in [0.25, 0.3) is 5.91 Å². The van der Waals surface area contributed by atoms with Gasteiger partial charge >= 0.3 is 0 Å². The molecule has 28 heavy (non-hydrogen) atoms. The van der Waals surface area contributed by atoms with Gasteiger partial charge in [0.05, 0.1) is 5.69 Å². The Morgan fingerprint density at radius 2 is 1.82 bits per heavy atom. The normalized spacial score (nSPS) is 19.0. The number of rotatable bonds is 3. The third-order valence-electron chi connectivity index (χ3n) is 5.89. The first-order chi connectivity index (χ1) is 13.7. The smallest absolute Gasteiger partial charge is 0.272 e. The van der Waals surface area contributed by atoms with Crippen LogP contribution in [0.3, 0.4) is 0 Å². The quantitative estimate of drug-likeness (QED) is 0.637. The van der Waals surface area contributed by atoms with Crippen molar-refractivity contribution in [2.75, 3.05) is 33.2 Å². The molecule has 1 aromatic carbocycles. The van der Waals surface area contributed by atoms with Crippen molar-refractivity contribution in [3.05, 3.63) is 59.9 Å². The maximum absolute atomic E-state index is 13.0. The molecule has 1 aromatic heterocycles. The van der Waals surface area contributed by atoms with Crippen LogP contribution in [-0.4, -0.2) is 54.9 Å². The molecule has 2 saturated heterocycles. The van der Waals surface area contributed by atoms with E-state index in [1.807, 2.05) is 54.4 Å². The number of benzene rings is 1. The predicted octanol–water partition coefficient (Wildman–Crippen LogP) is 2.60. The minimum Gasteiger partial charge on any atom is -0.371 e. The van der Waals surface area contributed by atoms with Crippen molar-refractivity contribution in [3.8, 4) is 0 Å². The largest absolute Gasteiger partial charge is 0.371 e. The Morgan fingerprint density at radius 1 is 1.07 bits per heavy atom. The Hall–Kier alpha value is -2.73. The number of para-hydroxylation sites is 1. The molecule has 4 rings (SSSR count). The van der Waals surface area contributed by atoms with Crippen LogP contribution in [0.15, 0.2) is 53.5 Å². The Labute approximate surface area is 166 Å². The van der Waals surface area contributed by atoms with Gasteiger partial charge in [0.1, 0.15) is 11.4 Å². The lowest BCUT2D eigenvalue weighted by Crippen LogP contribution is -2.44. The van der Waals surface area contributed by atoms with E-state index in [2.05, 4.69) is 20.6 Å². The van der Waals surface area contributed by atoms with Gasteiger partial charge in [-0.1, -0.05) is 24.3 Å². The van der Waals surface area contributed by atoms with Crippen LogP contribution in [0.25, 0.3) is 0 Å². The zero-order chi connectivity index (χ0) is 19.4. The number of amidine groups is 1. The molecule has 0 radical (unpaired) electrons. The van der Waals surface area contributed by atoms with E-state index >= 15 is 0 Å². The summed E-state index contributed by atoms with van der Waals surface area (Å²) in [6.45, 7) is 3.81. The molecule has 0 aliphatic carbocycles. The summed E-state index contributed by atoms with van der Waals surface area (Å²) in [5, 5.41) is 6.57. The Morgan fingerprint density at radius 3 is 2.50 bits per heavy atom. The predicted molar refractivity (Wildman–Crippen MR) is 111 cm³/mol. The third-order valence-corrected chi connectivity index (χ3v) is 5.89. The van der Waals surface area contributed by atoms with E-state index in [1.54, 1.807) is 6.07 Å². The number of hydrogen-bond donors (Lipinski definition) is 2. The van der Waals surface area contributed by atoms with Gasteiger partial charge in [-0.3, -0.25) is 4.79 Å². The molecule has 6 heteroatoms. The molecule has 2 aliphatic rings. The highest BCUT2D eigenvalue weighted by molar-refractivity contribution is 6.00. The number of piperidine rings is 1. The molecule has 1 amide bonds. The van der Waals surface area contributed by atoms with Crippen molar-refractivity contribution in [3.63, 3.8) is 0 Å². The molecule has 2 aromatic rings. The highest BCUT2D eigenvalue weighted by Gasteiger charge is 2.38. The molecule has 2 N–H and O–H groups in total. The number of carbonyl (C=O) groups excluding carboxylic acids is 1. The molecular formula is C22H27N5O. The topological polar surface area (TPSA) is 69.6 Å². The first-order valence-corrected chi connectivity index (χ1v) is 9.98. The maximum atomic E-state index is 13.0. The fourth-order valence-electron chi connectivity index (χ4n) is 4.13.